The monoisotopic (exact) mass is 246 g/mol. The molecule has 1 nitrogen and oxygen atoms in total. The molecule has 1 aromatic carbocycles. The molecule has 0 N–H and O–H groups in total. The van der Waals surface area contributed by atoms with Crippen molar-refractivity contribution >= 4 is 6.08 Å². The molecule has 0 radical (unpaired) electrons. The second-order valence-corrected chi connectivity index (χ2v) is 5.01. The van der Waals surface area contributed by atoms with E-state index in [1.54, 1.807) is 0 Å². The van der Waals surface area contributed by atoms with Crippen molar-refractivity contribution in [2.75, 3.05) is 0 Å². The summed E-state index contributed by atoms with van der Waals surface area (Å²) in [6, 6.07) is 6.22. The van der Waals surface area contributed by atoms with Crippen LogP contribution in [0.1, 0.15) is 57.1 Å². The molecule has 0 bridgehead atoms. The fourth-order valence-electron chi connectivity index (χ4n) is 2.07. The lowest BCUT2D eigenvalue weighted by Crippen LogP contribution is -2.12. The quantitative estimate of drug-likeness (QED) is 0.560. The predicted octanol–water partition coefficient (Wildman–Crippen LogP) is 5.38. The van der Waals surface area contributed by atoms with Gasteiger partial charge in [-0.1, -0.05) is 44.9 Å². The standard InChI is InChI=1S/C17H26O/c1-5-7-8-9-10-15(4)18-17-12-11-16(6-2)13-14(17)3/h6,11-13,15H,2,5,7-10H2,1,3-4H3. The molecule has 1 heteroatoms. The molecule has 0 heterocycles. The smallest absolute Gasteiger partial charge is 0.122 e. The summed E-state index contributed by atoms with van der Waals surface area (Å²) in [7, 11) is 0. The Labute approximate surface area is 112 Å². The summed E-state index contributed by atoms with van der Waals surface area (Å²) in [5.41, 5.74) is 2.34. The van der Waals surface area contributed by atoms with Crippen molar-refractivity contribution in [1.82, 2.24) is 0 Å². The molecular weight excluding hydrogens is 220 g/mol. The van der Waals surface area contributed by atoms with Crippen molar-refractivity contribution in [2.45, 2.75) is 59.0 Å². The van der Waals surface area contributed by atoms with Gasteiger partial charge in [0.05, 0.1) is 6.10 Å². The van der Waals surface area contributed by atoms with Crippen LogP contribution < -0.4 is 4.74 Å². The number of ether oxygens (including phenoxy) is 1. The molecule has 1 aromatic rings. The molecule has 0 saturated heterocycles. The molecule has 0 saturated carbocycles. The van der Waals surface area contributed by atoms with Crippen LogP contribution in [0.4, 0.5) is 0 Å². The predicted molar refractivity (Wildman–Crippen MR) is 80.1 cm³/mol. The maximum atomic E-state index is 5.99. The Morgan fingerprint density at radius 1 is 1.28 bits per heavy atom. The Morgan fingerprint density at radius 3 is 2.67 bits per heavy atom. The lowest BCUT2D eigenvalue weighted by atomic mass is 10.1. The first-order valence-corrected chi connectivity index (χ1v) is 7.07. The van der Waals surface area contributed by atoms with Crippen molar-refractivity contribution < 1.29 is 4.74 Å². The van der Waals surface area contributed by atoms with E-state index in [4.69, 9.17) is 4.74 Å². The molecule has 1 unspecified atom stereocenters. The third kappa shape index (κ3) is 4.95. The molecule has 100 valence electrons. The Morgan fingerprint density at radius 2 is 2.06 bits per heavy atom. The van der Waals surface area contributed by atoms with E-state index in [0.29, 0.717) is 6.10 Å². The van der Waals surface area contributed by atoms with E-state index < -0.39 is 0 Å². The minimum Gasteiger partial charge on any atom is -0.490 e. The van der Waals surface area contributed by atoms with Gasteiger partial charge in [0.25, 0.3) is 0 Å². The van der Waals surface area contributed by atoms with Gasteiger partial charge >= 0.3 is 0 Å². The summed E-state index contributed by atoms with van der Waals surface area (Å²) < 4.78 is 5.99. The van der Waals surface area contributed by atoms with Crippen LogP contribution in [0, 0.1) is 6.92 Å². The van der Waals surface area contributed by atoms with Crippen molar-refractivity contribution in [2.24, 2.45) is 0 Å². The van der Waals surface area contributed by atoms with E-state index in [2.05, 4.69) is 45.5 Å². The second-order valence-electron chi connectivity index (χ2n) is 5.01. The van der Waals surface area contributed by atoms with Gasteiger partial charge in [-0.3, -0.25) is 0 Å². The first kappa shape index (κ1) is 14.8. The molecule has 1 atom stereocenters. The molecule has 0 aliphatic rings. The third-order valence-electron chi connectivity index (χ3n) is 3.23. The molecule has 0 aliphatic carbocycles. The number of aryl methyl sites for hydroxylation is 1. The van der Waals surface area contributed by atoms with Crippen LogP contribution in [0.5, 0.6) is 5.75 Å². The summed E-state index contributed by atoms with van der Waals surface area (Å²) in [6.45, 7) is 10.3. The van der Waals surface area contributed by atoms with E-state index in [-0.39, 0.29) is 0 Å². The molecule has 0 aromatic heterocycles. The average molecular weight is 246 g/mol. The van der Waals surface area contributed by atoms with Crippen LogP contribution in [-0.2, 0) is 0 Å². The van der Waals surface area contributed by atoms with E-state index >= 15 is 0 Å². The topological polar surface area (TPSA) is 9.23 Å². The average Bonchev–Trinajstić information content (AvgIpc) is 2.37. The van der Waals surface area contributed by atoms with E-state index in [9.17, 15) is 0 Å². The van der Waals surface area contributed by atoms with Gasteiger partial charge in [-0.25, -0.2) is 0 Å². The highest BCUT2D eigenvalue weighted by molar-refractivity contribution is 5.51. The van der Waals surface area contributed by atoms with Crippen LogP contribution >= 0.6 is 0 Å². The molecule has 18 heavy (non-hydrogen) atoms. The normalized spacial score (nSPS) is 12.2. The Bertz CT molecular complexity index is 368. The highest BCUT2D eigenvalue weighted by Gasteiger charge is 2.06. The minimum absolute atomic E-state index is 0.301. The zero-order chi connectivity index (χ0) is 13.4. The highest BCUT2D eigenvalue weighted by atomic mass is 16.5. The fourth-order valence-corrected chi connectivity index (χ4v) is 2.07. The highest BCUT2D eigenvalue weighted by Crippen LogP contribution is 2.22. The van der Waals surface area contributed by atoms with Gasteiger partial charge in [0, 0.05) is 0 Å². The zero-order valence-corrected chi connectivity index (χ0v) is 12.0. The van der Waals surface area contributed by atoms with Gasteiger partial charge in [-0.2, -0.15) is 0 Å². The minimum atomic E-state index is 0.301. The lowest BCUT2D eigenvalue weighted by Gasteiger charge is -2.16. The second kappa shape index (κ2) is 7.97. The summed E-state index contributed by atoms with van der Waals surface area (Å²) >= 11 is 0. The van der Waals surface area contributed by atoms with Gasteiger partial charge in [0.15, 0.2) is 0 Å². The van der Waals surface area contributed by atoms with Crippen molar-refractivity contribution in [3.63, 3.8) is 0 Å². The molecule has 0 spiro atoms. The zero-order valence-electron chi connectivity index (χ0n) is 12.0. The van der Waals surface area contributed by atoms with E-state index in [1.165, 1.54) is 31.2 Å². The Hall–Kier alpha value is -1.24. The van der Waals surface area contributed by atoms with Crippen LogP contribution in [0.25, 0.3) is 6.08 Å². The summed E-state index contributed by atoms with van der Waals surface area (Å²) in [4.78, 5) is 0. The van der Waals surface area contributed by atoms with Gasteiger partial charge < -0.3 is 4.74 Å². The summed E-state index contributed by atoms with van der Waals surface area (Å²) in [6.07, 6.45) is 8.51. The Kier molecular flexibility index (Phi) is 6.56. The molecule has 0 amide bonds. The molecule has 0 aliphatic heterocycles. The van der Waals surface area contributed by atoms with Crippen LogP contribution in [0.3, 0.4) is 0 Å². The van der Waals surface area contributed by atoms with Crippen molar-refractivity contribution in [1.29, 1.82) is 0 Å². The fraction of sp³-hybridized carbons (Fsp3) is 0.529. The SMILES string of the molecule is C=Cc1ccc(OC(C)CCCCCC)c(C)c1. The van der Waals surface area contributed by atoms with Gasteiger partial charge in [0.1, 0.15) is 5.75 Å². The van der Waals surface area contributed by atoms with Gasteiger partial charge in [-0.15, -0.1) is 0 Å². The number of rotatable bonds is 8. The molecular formula is C17H26O. The van der Waals surface area contributed by atoms with Crippen LogP contribution in [0.15, 0.2) is 24.8 Å². The maximum Gasteiger partial charge on any atom is 0.122 e. The third-order valence-corrected chi connectivity index (χ3v) is 3.23. The number of unbranched alkanes of at least 4 members (excludes halogenated alkanes) is 3. The lowest BCUT2D eigenvalue weighted by molar-refractivity contribution is 0.205. The van der Waals surface area contributed by atoms with Crippen LogP contribution in [0.2, 0.25) is 0 Å². The van der Waals surface area contributed by atoms with Crippen molar-refractivity contribution in [3.8, 4) is 5.75 Å². The van der Waals surface area contributed by atoms with Crippen LogP contribution in [-0.4, -0.2) is 6.10 Å². The number of hydrogen-bond acceptors (Lipinski definition) is 1. The van der Waals surface area contributed by atoms with Crippen molar-refractivity contribution in [3.05, 3.63) is 35.9 Å². The molecule has 1 rings (SSSR count). The van der Waals surface area contributed by atoms with E-state index in [0.717, 1.165) is 17.7 Å². The largest absolute Gasteiger partial charge is 0.490 e. The van der Waals surface area contributed by atoms with Gasteiger partial charge in [0.2, 0.25) is 0 Å². The maximum absolute atomic E-state index is 5.99. The summed E-state index contributed by atoms with van der Waals surface area (Å²) in [5.74, 6) is 1.00. The number of benzene rings is 1. The molecule has 0 fully saturated rings. The first-order chi connectivity index (χ1) is 8.67. The first-order valence-electron chi connectivity index (χ1n) is 7.07. The summed E-state index contributed by atoms with van der Waals surface area (Å²) in [5, 5.41) is 0. The Balaban J connectivity index is 2.43. The number of hydrogen-bond donors (Lipinski definition) is 0. The van der Waals surface area contributed by atoms with E-state index in [1.807, 2.05) is 6.08 Å². The van der Waals surface area contributed by atoms with Gasteiger partial charge in [-0.05, 0) is 49.9 Å².